The molecule has 1 fully saturated rings. The van der Waals surface area contributed by atoms with Gasteiger partial charge >= 0.3 is 0 Å². The Morgan fingerprint density at radius 2 is 2.17 bits per heavy atom. The Balaban J connectivity index is 2.30. The molecule has 0 spiro atoms. The van der Waals surface area contributed by atoms with Gasteiger partial charge in [-0.15, -0.1) is 0 Å². The Morgan fingerprint density at radius 3 is 2.78 bits per heavy atom. The number of thiocarbonyl (C=S) groups is 1. The summed E-state index contributed by atoms with van der Waals surface area (Å²) in [6.45, 7) is 8.10. The lowest BCUT2D eigenvalue weighted by atomic mass is 10.1. The van der Waals surface area contributed by atoms with E-state index < -0.39 is 0 Å². The van der Waals surface area contributed by atoms with Crippen molar-refractivity contribution < 1.29 is 4.74 Å². The molecule has 1 aliphatic rings. The Morgan fingerprint density at radius 1 is 1.44 bits per heavy atom. The smallest absolute Gasteiger partial charge is 0.103 e. The van der Waals surface area contributed by atoms with Crippen molar-refractivity contribution in [1.82, 2.24) is 0 Å². The predicted octanol–water partition coefficient (Wildman–Crippen LogP) is 2.24. The van der Waals surface area contributed by atoms with E-state index in [9.17, 15) is 0 Å². The summed E-state index contributed by atoms with van der Waals surface area (Å²) >= 11 is 5.01. The van der Waals surface area contributed by atoms with E-state index >= 15 is 0 Å². The highest BCUT2D eigenvalue weighted by molar-refractivity contribution is 7.80. The van der Waals surface area contributed by atoms with E-state index in [-0.39, 0.29) is 6.10 Å². The average Bonchev–Trinajstić information content (AvgIpc) is 2.32. The molecule has 1 aliphatic heterocycles. The first-order valence-corrected chi connectivity index (χ1v) is 6.68. The number of nitrogens with two attached hydrogens (primary N) is 1. The zero-order chi connectivity index (χ0) is 13.3. The second-order valence-electron chi connectivity index (χ2n) is 5.01. The van der Waals surface area contributed by atoms with Gasteiger partial charge in [0.15, 0.2) is 0 Å². The molecule has 0 aromatic heterocycles. The molecule has 1 aromatic rings. The molecule has 1 heterocycles. The second-order valence-corrected chi connectivity index (χ2v) is 5.45. The molecule has 0 bridgehead atoms. The molecule has 0 aliphatic carbocycles. The molecule has 1 aromatic carbocycles. The number of rotatable bonds is 2. The topological polar surface area (TPSA) is 38.5 Å². The van der Waals surface area contributed by atoms with Gasteiger partial charge in [-0.2, -0.15) is 0 Å². The van der Waals surface area contributed by atoms with Gasteiger partial charge in [-0.25, -0.2) is 0 Å². The molecule has 0 amide bonds. The Kier molecular flexibility index (Phi) is 3.88. The van der Waals surface area contributed by atoms with Crippen LogP contribution < -0.4 is 10.6 Å². The lowest BCUT2D eigenvalue weighted by molar-refractivity contribution is 0.0343. The summed E-state index contributed by atoms with van der Waals surface area (Å²) in [7, 11) is 0. The maximum Gasteiger partial charge on any atom is 0.103 e. The molecular weight excluding hydrogens is 244 g/mol. The van der Waals surface area contributed by atoms with Crippen LogP contribution >= 0.6 is 12.2 Å². The van der Waals surface area contributed by atoms with Crippen LogP contribution in [-0.2, 0) is 4.74 Å². The van der Waals surface area contributed by atoms with Crippen LogP contribution in [0.1, 0.15) is 25.0 Å². The first kappa shape index (κ1) is 13.3. The number of ether oxygens (including phenoxy) is 1. The lowest BCUT2D eigenvalue weighted by Gasteiger charge is -2.39. The van der Waals surface area contributed by atoms with Crippen molar-refractivity contribution in [3.8, 4) is 0 Å². The summed E-state index contributed by atoms with van der Waals surface area (Å²) in [6.07, 6.45) is 0.274. The van der Waals surface area contributed by atoms with E-state index in [2.05, 4.69) is 37.8 Å². The molecule has 2 atom stereocenters. The third-order valence-corrected chi connectivity index (χ3v) is 3.63. The molecule has 2 rings (SSSR count). The van der Waals surface area contributed by atoms with Gasteiger partial charge < -0.3 is 15.4 Å². The quantitative estimate of drug-likeness (QED) is 0.832. The minimum absolute atomic E-state index is 0.274. The van der Waals surface area contributed by atoms with E-state index in [1.165, 1.54) is 11.3 Å². The lowest BCUT2D eigenvalue weighted by Crippen LogP contribution is -2.47. The van der Waals surface area contributed by atoms with Crippen molar-refractivity contribution in [3.63, 3.8) is 0 Å². The van der Waals surface area contributed by atoms with Crippen molar-refractivity contribution in [3.05, 3.63) is 29.3 Å². The highest BCUT2D eigenvalue weighted by Crippen LogP contribution is 2.26. The number of aryl methyl sites for hydroxylation is 1. The number of benzene rings is 1. The molecule has 0 saturated carbocycles. The first-order valence-electron chi connectivity index (χ1n) is 6.27. The number of hydrogen-bond acceptors (Lipinski definition) is 3. The first-order chi connectivity index (χ1) is 8.49. The standard InChI is InChI=1S/C14H20N2OS/c1-9-6-12(14(15)18)4-5-13(9)16-7-11(3)17-8-10(16)2/h4-6,10-11H,7-8H2,1-3H3,(H2,15,18). The van der Waals surface area contributed by atoms with Crippen molar-refractivity contribution in [2.45, 2.75) is 32.9 Å². The fourth-order valence-corrected chi connectivity index (χ4v) is 2.50. The zero-order valence-corrected chi connectivity index (χ0v) is 12.0. The largest absolute Gasteiger partial charge is 0.389 e. The van der Waals surface area contributed by atoms with Crippen LogP contribution in [0.3, 0.4) is 0 Å². The van der Waals surface area contributed by atoms with E-state index in [1.807, 2.05) is 6.07 Å². The number of morpholine rings is 1. The molecule has 18 heavy (non-hydrogen) atoms. The molecular formula is C14H20N2OS. The average molecular weight is 264 g/mol. The third kappa shape index (κ3) is 2.65. The number of anilines is 1. The minimum Gasteiger partial charge on any atom is -0.389 e. The van der Waals surface area contributed by atoms with Crippen LogP contribution in [0, 0.1) is 6.92 Å². The minimum atomic E-state index is 0.274. The second kappa shape index (κ2) is 5.24. The van der Waals surface area contributed by atoms with Gasteiger partial charge in [0.2, 0.25) is 0 Å². The number of nitrogens with zero attached hydrogens (tertiary/aromatic N) is 1. The summed E-state index contributed by atoms with van der Waals surface area (Å²) < 4.78 is 5.66. The fraction of sp³-hybridized carbons (Fsp3) is 0.500. The van der Waals surface area contributed by atoms with E-state index in [4.69, 9.17) is 22.7 Å². The SMILES string of the molecule is Cc1cc(C(N)=S)ccc1N1CC(C)OCC1C. The van der Waals surface area contributed by atoms with Crippen molar-refractivity contribution in [2.24, 2.45) is 5.73 Å². The molecule has 2 N–H and O–H groups in total. The van der Waals surface area contributed by atoms with Crippen LogP contribution in [0.5, 0.6) is 0 Å². The van der Waals surface area contributed by atoms with Gasteiger partial charge in [0.05, 0.1) is 12.7 Å². The highest BCUT2D eigenvalue weighted by Gasteiger charge is 2.24. The Hall–Kier alpha value is -1.13. The van der Waals surface area contributed by atoms with E-state index in [0.717, 1.165) is 18.7 Å². The van der Waals surface area contributed by atoms with Gasteiger partial charge in [0.25, 0.3) is 0 Å². The zero-order valence-electron chi connectivity index (χ0n) is 11.1. The van der Waals surface area contributed by atoms with Gasteiger partial charge in [-0.05, 0) is 44.5 Å². The molecule has 2 unspecified atom stereocenters. The van der Waals surface area contributed by atoms with Crippen LogP contribution in [0.4, 0.5) is 5.69 Å². The summed E-state index contributed by atoms with van der Waals surface area (Å²) in [4.78, 5) is 2.85. The summed E-state index contributed by atoms with van der Waals surface area (Å²) in [5.74, 6) is 0. The fourth-order valence-electron chi connectivity index (χ4n) is 2.37. The predicted molar refractivity (Wildman–Crippen MR) is 79.3 cm³/mol. The Bertz CT molecular complexity index is 461. The molecule has 1 saturated heterocycles. The monoisotopic (exact) mass is 264 g/mol. The molecule has 0 radical (unpaired) electrons. The van der Waals surface area contributed by atoms with Crippen LogP contribution in [-0.4, -0.2) is 30.3 Å². The van der Waals surface area contributed by atoms with Crippen molar-refractivity contribution in [1.29, 1.82) is 0 Å². The van der Waals surface area contributed by atoms with Crippen LogP contribution in [0.2, 0.25) is 0 Å². The maximum atomic E-state index is 5.66. The molecule has 3 nitrogen and oxygen atoms in total. The maximum absolute atomic E-state index is 5.66. The summed E-state index contributed by atoms with van der Waals surface area (Å²) in [6, 6.07) is 6.57. The third-order valence-electron chi connectivity index (χ3n) is 3.40. The van der Waals surface area contributed by atoms with Gasteiger partial charge in [0.1, 0.15) is 4.99 Å². The van der Waals surface area contributed by atoms with Crippen LogP contribution in [0.25, 0.3) is 0 Å². The van der Waals surface area contributed by atoms with E-state index in [0.29, 0.717) is 11.0 Å². The van der Waals surface area contributed by atoms with Crippen molar-refractivity contribution in [2.75, 3.05) is 18.1 Å². The summed E-state index contributed by atoms with van der Waals surface area (Å²) in [5, 5.41) is 0. The number of hydrogen-bond donors (Lipinski definition) is 1. The molecule has 98 valence electrons. The highest BCUT2D eigenvalue weighted by atomic mass is 32.1. The summed E-state index contributed by atoms with van der Waals surface area (Å²) in [5.41, 5.74) is 9.05. The van der Waals surface area contributed by atoms with Gasteiger partial charge in [-0.1, -0.05) is 12.2 Å². The van der Waals surface area contributed by atoms with Crippen LogP contribution in [0.15, 0.2) is 18.2 Å². The van der Waals surface area contributed by atoms with Crippen molar-refractivity contribution >= 4 is 22.9 Å². The normalized spacial score (nSPS) is 24.1. The van der Waals surface area contributed by atoms with Gasteiger partial charge in [0, 0.05) is 23.8 Å². The van der Waals surface area contributed by atoms with Gasteiger partial charge in [-0.3, -0.25) is 0 Å². The van der Waals surface area contributed by atoms with E-state index in [1.54, 1.807) is 0 Å². The molecule has 4 heteroatoms. The Labute approximate surface area is 114 Å².